The van der Waals surface area contributed by atoms with Crippen LogP contribution in [0.1, 0.15) is 30.6 Å². The third kappa shape index (κ3) is 3.86. The van der Waals surface area contributed by atoms with E-state index in [4.69, 9.17) is 5.11 Å². The second-order valence-corrected chi connectivity index (χ2v) is 7.06. The fraction of sp³-hybridized carbons (Fsp3) is 0.333. The van der Waals surface area contributed by atoms with Gasteiger partial charge in [-0.25, -0.2) is 4.98 Å². The van der Waals surface area contributed by atoms with Gasteiger partial charge in [0.05, 0.1) is 5.92 Å². The molecule has 1 aliphatic carbocycles. The number of benzene rings is 1. The van der Waals surface area contributed by atoms with E-state index in [1.165, 1.54) is 0 Å². The van der Waals surface area contributed by atoms with E-state index in [2.05, 4.69) is 16.4 Å². The van der Waals surface area contributed by atoms with Gasteiger partial charge in [-0.15, -0.1) is 0 Å². The van der Waals surface area contributed by atoms with Gasteiger partial charge < -0.3 is 10.4 Å². The van der Waals surface area contributed by atoms with Gasteiger partial charge in [-0.1, -0.05) is 48.1 Å². The van der Waals surface area contributed by atoms with Crippen molar-refractivity contribution >= 4 is 28.3 Å². The number of hydrogen-bond donors (Lipinski definition) is 2. The molecule has 128 valence electrons. The monoisotopic (exact) mass is 355 g/mol. The van der Waals surface area contributed by atoms with Crippen LogP contribution < -0.4 is 5.32 Å². The zero-order valence-corrected chi connectivity index (χ0v) is 14.3. The van der Waals surface area contributed by atoms with Gasteiger partial charge in [0.2, 0.25) is 5.91 Å². The molecule has 0 saturated heterocycles. The van der Waals surface area contributed by atoms with Crippen molar-refractivity contribution in [3.8, 4) is 17.3 Å². The molecular weight excluding hydrogens is 338 g/mol. The number of carboxylic acids is 1. The van der Waals surface area contributed by atoms with Gasteiger partial charge >= 0.3 is 5.97 Å². The van der Waals surface area contributed by atoms with Crippen LogP contribution in [0, 0.1) is 23.2 Å². The van der Waals surface area contributed by atoms with Gasteiger partial charge in [0.1, 0.15) is 16.6 Å². The summed E-state index contributed by atoms with van der Waals surface area (Å²) in [7, 11) is 0. The van der Waals surface area contributed by atoms with Crippen molar-refractivity contribution in [1.29, 1.82) is 5.26 Å². The van der Waals surface area contributed by atoms with Crippen LogP contribution in [0.3, 0.4) is 0 Å². The molecule has 25 heavy (non-hydrogen) atoms. The maximum Gasteiger partial charge on any atom is 0.306 e. The average molecular weight is 355 g/mol. The molecule has 0 bridgehead atoms. The number of carbonyl (C=O) groups is 2. The number of aromatic nitrogens is 1. The number of amides is 1. The van der Waals surface area contributed by atoms with E-state index in [0.29, 0.717) is 35.0 Å². The minimum atomic E-state index is -0.843. The van der Waals surface area contributed by atoms with Gasteiger partial charge in [0.25, 0.3) is 0 Å². The van der Waals surface area contributed by atoms with Crippen molar-refractivity contribution in [1.82, 2.24) is 4.98 Å². The Hall–Kier alpha value is -2.72. The number of nitriles is 1. The highest BCUT2D eigenvalue weighted by atomic mass is 32.1. The molecule has 0 aliphatic heterocycles. The predicted octanol–water partition coefficient (Wildman–Crippen LogP) is 3.51. The van der Waals surface area contributed by atoms with Crippen molar-refractivity contribution in [2.45, 2.75) is 25.7 Å². The Morgan fingerprint density at radius 1 is 1.24 bits per heavy atom. The van der Waals surface area contributed by atoms with Crippen LogP contribution in [-0.2, 0) is 9.59 Å². The van der Waals surface area contributed by atoms with Gasteiger partial charge in [0.15, 0.2) is 5.13 Å². The van der Waals surface area contributed by atoms with E-state index in [0.717, 1.165) is 23.3 Å². The Bertz CT molecular complexity index is 826. The van der Waals surface area contributed by atoms with E-state index in [1.807, 2.05) is 30.3 Å². The highest BCUT2D eigenvalue weighted by Crippen LogP contribution is 2.33. The molecule has 1 heterocycles. The lowest BCUT2D eigenvalue weighted by atomic mass is 9.81. The molecule has 2 atom stereocenters. The smallest absolute Gasteiger partial charge is 0.306 e. The number of nitrogens with zero attached hydrogens (tertiary/aromatic N) is 2. The fourth-order valence-electron chi connectivity index (χ4n) is 3.10. The van der Waals surface area contributed by atoms with E-state index in [1.54, 1.807) is 0 Å². The lowest BCUT2D eigenvalue weighted by molar-refractivity contribution is -0.143. The van der Waals surface area contributed by atoms with Crippen LogP contribution in [0.25, 0.3) is 11.3 Å². The molecule has 1 aromatic carbocycles. The molecule has 2 aromatic rings. The second-order valence-electron chi connectivity index (χ2n) is 6.06. The summed E-state index contributed by atoms with van der Waals surface area (Å²) < 4.78 is 0. The summed E-state index contributed by atoms with van der Waals surface area (Å²) >= 11 is 1.13. The molecule has 1 amide bonds. The van der Waals surface area contributed by atoms with Crippen molar-refractivity contribution in [2.75, 3.05) is 5.32 Å². The molecular formula is C18H17N3O3S. The Labute approximate surface area is 149 Å². The number of carboxylic acid groups (broad SMARTS) is 1. The first-order valence-corrected chi connectivity index (χ1v) is 8.90. The highest BCUT2D eigenvalue weighted by molar-refractivity contribution is 7.16. The Morgan fingerprint density at radius 3 is 2.64 bits per heavy atom. The summed E-state index contributed by atoms with van der Waals surface area (Å²) in [5.41, 5.74) is 1.37. The minimum Gasteiger partial charge on any atom is -0.481 e. The normalized spacial score (nSPS) is 19.8. The number of hydrogen-bond acceptors (Lipinski definition) is 5. The van der Waals surface area contributed by atoms with Crippen LogP contribution in [0.2, 0.25) is 0 Å². The van der Waals surface area contributed by atoms with Crippen LogP contribution in [0.5, 0.6) is 0 Å². The third-order valence-electron chi connectivity index (χ3n) is 4.40. The van der Waals surface area contributed by atoms with Gasteiger partial charge in [-0.3, -0.25) is 9.59 Å². The van der Waals surface area contributed by atoms with E-state index >= 15 is 0 Å². The van der Waals surface area contributed by atoms with Crippen LogP contribution in [0.15, 0.2) is 30.3 Å². The average Bonchev–Trinajstić information content (AvgIpc) is 3.05. The number of nitrogens with one attached hydrogen (secondary N) is 1. The predicted molar refractivity (Wildman–Crippen MR) is 94.0 cm³/mol. The zero-order valence-electron chi connectivity index (χ0n) is 13.4. The van der Waals surface area contributed by atoms with E-state index < -0.39 is 11.9 Å². The van der Waals surface area contributed by atoms with Crippen LogP contribution >= 0.6 is 11.3 Å². The standard InChI is InChI=1S/C18H17N3O3S/c19-10-14-15(11-5-2-1-3-6-11)20-18(25-14)21-16(22)12-7-4-8-13(9-12)17(23)24/h1-3,5-6,12-13H,4,7-9H2,(H,23,24)(H,20,21,22)/t12-,13+/m1/s1. The molecule has 1 saturated carbocycles. The first-order valence-electron chi connectivity index (χ1n) is 8.08. The lowest BCUT2D eigenvalue weighted by Gasteiger charge is -2.25. The summed E-state index contributed by atoms with van der Waals surface area (Å²) in [6.45, 7) is 0. The molecule has 3 rings (SSSR count). The Morgan fingerprint density at radius 2 is 1.96 bits per heavy atom. The maximum atomic E-state index is 12.5. The number of thiazole rings is 1. The maximum absolute atomic E-state index is 12.5. The topological polar surface area (TPSA) is 103 Å². The first kappa shape index (κ1) is 17.1. The third-order valence-corrected chi connectivity index (χ3v) is 5.28. The minimum absolute atomic E-state index is 0.219. The molecule has 0 radical (unpaired) electrons. The van der Waals surface area contributed by atoms with Crippen molar-refractivity contribution in [3.05, 3.63) is 35.2 Å². The summed E-state index contributed by atoms with van der Waals surface area (Å²) in [5.74, 6) is -1.85. The summed E-state index contributed by atoms with van der Waals surface area (Å²) in [6.07, 6.45) is 2.37. The first-order chi connectivity index (χ1) is 12.1. The molecule has 7 heteroatoms. The summed E-state index contributed by atoms with van der Waals surface area (Å²) in [6, 6.07) is 11.4. The number of rotatable bonds is 4. The molecule has 0 unspecified atom stereocenters. The van der Waals surface area contributed by atoms with E-state index in [-0.39, 0.29) is 11.8 Å². The lowest BCUT2D eigenvalue weighted by Crippen LogP contribution is -2.30. The second kappa shape index (κ2) is 7.45. The molecule has 1 aliphatic rings. The summed E-state index contributed by atoms with van der Waals surface area (Å²) in [5, 5.41) is 21.6. The molecule has 1 fully saturated rings. The molecule has 2 N–H and O–H groups in total. The highest BCUT2D eigenvalue weighted by Gasteiger charge is 2.31. The van der Waals surface area contributed by atoms with Crippen LogP contribution in [0.4, 0.5) is 5.13 Å². The van der Waals surface area contributed by atoms with E-state index in [9.17, 15) is 14.9 Å². The Balaban J connectivity index is 1.75. The van der Waals surface area contributed by atoms with Crippen LogP contribution in [-0.4, -0.2) is 22.0 Å². The SMILES string of the molecule is N#Cc1sc(NC(=O)[C@@H]2CCC[C@H](C(=O)O)C2)nc1-c1ccccc1. The number of aliphatic carboxylic acids is 1. The summed E-state index contributed by atoms with van der Waals surface area (Å²) in [4.78, 5) is 28.4. The van der Waals surface area contributed by atoms with Crippen molar-refractivity contribution < 1.29 is 14.7 Å². The zero-order chi connectivity index (χ0) is 17.8. The fourth-order valence-corrected chi connectivity index (χ4v) is 3.89. The van der Waals surface area contributed by atoms with Gasteiger partial charge in [-0.2, -0.15) is 5.26 Å². The molecule has 0 spiro atoms. The van der Waals surface area contributed by atoms with Crippen molar-refractivity contribution in [3.63, 3.8) is 0 Å². The van der Waals surface area contributed by atoms with Gasteiger partial charge in [-0.05, 0) is 19.3 Å². The number of anilines is 1. The Kier molecular flexibility index (Phi) is 5.10. The van der Waals surface area contributed by atoms with Crippen molar-refractivity contribution in [2.24, 2.45) is 11.8 Å². The quantitative estimate of drug-likeness (QED) is 0.873. The number of carbonyl (C=O) groups excluding carboxylic acids is 1. The largest absolute Gasteiger partial charge is 0.481 e. The molecule has 6 nitrogen and oxygen atoms in total. The van der Waals surface area contributed by atoms with Gasteiger partial charge in [0, 0.05) is 11.5 Å². The molecule has 1 aromatic heterocycles.